The van der Waals surface area contributed by atoms with E-state index in [0.717, 1.165) is 35.6 Å². The first-order chi connectivity index (χ1) is 16.3. The number of hydrogen-bond donors (Lipinski definition) is 0. The van der Waals surface area contributed by atoms with Crippen LogP contribution in [0.15, 0.2) is 36.5 Å². The van der Waals surface area contributed by atoms with Gasteiger partial charge in [-0.25, -0.2) is 9.50 Å². The van der Waals surface area contributed by atoms with Crippen LogP contribution in [-0.4, -0.2) is 39.0 Å². The van der Waals surface area contributed by atoms with E-state index in [0.29, 0.717) is 0 Å². The smallest absolute Gasteiger partial charge is 0.228 e. The molecule has 6 heteroatoms. The van der Waals surface area contributed by atoms with Crippen molar-refractivity contribution in [1.82, 2.24) is 19.5 Å². The number of rotatable bonds is 3. The summed E-state index contributed by atoms with van der Waals surface area (Å²) in [5, 5.41) is 4.80. The average molecular weight is 474 g/mol. The van der Waals surface area contributed by atoms with E-state index in [1.54, 1.807) is 0 Å². The Labute approximate surface area is 209 Å². The van der Waals surface area contributed by atoms with Crippen molar-refractivity contribution < 1.29 is 4.79 Å². The molecule has 6 nitrogen and oxygen atoms in total. The molecule has 3 heterocycles. The highest BCUT2D eigenvalue weighted by molar-refractivity contribution is 5.82. The van der Waals surface area contributed by atoms with Crippen LogP contribution >= 0.6 is 0 Å². The van der Waals surface area contributed by atoms with Crippen LogP contribution in [0.1, 0.15) is 83.8 Å². The van der Waals surface area contributed by atoms with Gasteiger partial charge in [0.05, 0.1) is 29.3 Å². The lowest BCUT2D eigenvalue weighted by molar-refractivity contribution is -0.142. The zero-order chi connectivity index (χ0) is 25.3. The minimum absolute atomic E-state index is 0.0139. The van der Waals surface area contributed by atoms with Crippen molar-refractivity contribution in [3.05, 3.63) is 53.5 Å². The highest BCUT2D eigenvalue weighted by Gasteiger charge is 2.51. The average Bonchev–Trinajstić information content (AvgIpc) is 3.43. The highest BCUT2D eigenvalue weighted by Crippen LogP contribution is 2.57. The summed E-state index contributed by atoms with van der Waals surface area (Å²) in [6.07, 6.45) is 5.62. The summed E-state index contributed by atoms with van der Waals surface area (Å²) in [7, 11) is 1.94. The Balaban J connectivity index is 1.51. The summed E-state index contributed by atoms with van der Waals surface area (Å²) in [6, 6.07) is 10.9. The molecule has 2 aliphatic rings. The molecule has 1 fully saturated rings. The highest BCUT2D eigenvalue weighted by atomic mass is 16.2. The van der Waals surface area contributed by atoms with Crippen LogP contribution in [0.5, 0.6) is 0 Å². The van der Waals surface area contributed by atoms with Crippen molar-refractivity contribution in [2.24, 2.45) is 10.8 Å². The Morgan fingerprint density at radius 2 is 1.71 bits per heavy atom. The van der Waals surface area contributed by atoms with E-state index in [9.17, 15) is 4.79 Å². The first kappa shape index (κ1) is 23.8. The largest absolute Gasteiger partial charge is 0.339 e. The molecule has 0 N–H and O–H groups in total. The van der Waals surface area contributed by atoms with Gasteiger partial charge in [0, 0.05) is 36.2 Å². The van der Waals surface area contributed by atoms with Crippen LogP contribution in [0.3, 0.4) is 0 Å². The second-order valence-electron chi connectivity index (χ2n) is 12.8. The third kappa shape index (κ3) is 4.01. The zero-order valence-corrected chi connectivity index (χ0v) is 22.5. The summed E-state index contributed by atoms with van der Waals surface area (Å²) < 4.78 is 2.08. The molecule has 0 bridgehead atoms. The number of amides is 1. The van der Waals surface area contributed by atoms with E-state index in [2.05, 4.69) is 60.5 Å². The van der Waals surface area contributed by atoms with E-state index in [4.69, 9.17) is 10.1 Å². The fraction of sp³-hybridized carbons (Fsp3) is 0.552. The Morgan fingerprint density at radius 3 is 2.29 bits per heavy atom. The molecule has 1 atom stereocenters. The Bertz CT molecular complexity index is 1270. The van der Waals surface area contributed by atoms with Gasteiger partial charge in [-0.2, -0.15) is 5.10 Å². The second kappa shape index (κ2) is 7.81. The molecule has 1 aromatic carbocycles. The molecule has 0 saturated heterocycles. The number of carbonyl (C=O) groups excluding carboxylic acids is 1. The Morgan fingerprint density at radius 1 is 1.06 bits per heavy atom. The SMILES string of the molecule is Cc1cc2ncc3c(n2n1)C1(CCN3c2ccc([C@H](N(C)C(=O)C(C)(C)C)C(C)(C)C)cc2)CC1. The number of hydrogen-bond acceptors (Lipinski definition) is 4. The monoisotopic (exact) mass is 473 g/mol. The predicted molar refractivity (Wildman–Crippen MR) is 141 cm³/mol. The number of carbonyl (C=O) groups is 1. The molecule has 0 radical (unpaired) electrons. The number of fused-ring (bicyclic) bond motifs is 4. The van der Waals surface area contributed by atoms with E-state index < -0.39 is 5.41 Å². The molecule has 5 rings (SSSR count). The third-order valence-corrected chi connectivity index (χ3v) is 7.74. The van der Waals surface area contributed by atoms with Crippen molar-refractivity contribution in [1.29, 1.82) is 0 Å². The quantitative estimate of drug-likeness (QED) is 0.454. The minimum Gasteiger partial charge on any atom is -0.339 e. The normalized spacial score (nSPS) is 18.0. The van der Waals surface area contributed by atoms with Gasteiger partial charge >= 0.3 is 0 Å². The van der Waals surface area contributed by atoms with Gasteiger partial charge in [0.2, 0.25) is 5.91 Å². The second-order valence-corrected chi connectivity index (χ2v) is 12.8. The number of aryl methyl sites for hydroxylation is 1. The summed E-state index contributed by atoms with van der Waals surface area (Å²) >= 11 is 0. The fourth-order valence-corrected chi connectivity index (χ4v) is 5.99. The fourth-order valence-electron chi connectivity index (χ4n) is 5.99. The van der Waals surface area contributed by atoms with Crippen molar-refractivity contribution >= 4 is 22.9 Å². The van der Waals surface area contributed by atoms with Crippen molar-refractivity contribution in [3.63, 3.8) is 0 Å². The molecular formula is C29H39N5O. The van der Waals surface area contributed by atoms with E-state index in [1.807, 2.05) is 45.8 Å². The molecule has 186 valence electrons. The van der Waals surface area contributed by atoms with E-state index in [1.165, 1.54) is 24.2 Å². The van der Waals surface area contributed by atoms with Gasteiger partial charge in [0.15, 0.2) is 5.65 Å². The van der Waals surface area contributed by atoms with Gasteiger partial charge in [-0.15, -0.1) is 0 Å². The maximum atomic E-state index is 13.2. The third-order valence-electron chi connectivity index (χ3n) is 7.74. The number of aromatic nitrogens is 3. The lowest BCUT2D eigenvalue weighted by Gasteiger charge is -2.41. The summed E-state index contributed by atoms with van der Waals surface area (Å²) in [5.74, 6) is 0.158. The van der Waals surface area contributed by atoms with Crippen LogP contribution in [0.2, 0.25) is 0 Å². The topological polar surface area (TPSA) is 53.7 Å². The van der Waals surface area contributed by atoms with Crippen molar-refractivity contribution in [2.45, 2.75) is 79.2 Å². The van der Waals surface area contributed by atoms with Gasteiger partial charge in [-0.05, 0) is 49.3 Å². The van der Waals surface area contributed by atoms with Crippen LogP contribution in [-0.2, 0) is 10.2 Å². The lowest BCUT2D eigenvalue weighted by atomic mass is 9.80. The summed E-state index contributed by atoms with van der Waals surface area (Å²) in [5.41, 5.74) is 6.48. The lowest BCUT2D eigenvalue weighted by Crippen LogP contribution is -2.43. The van der Waals surface area contributed by atoms with Crippen molar-refractivity contribution in [3.8, 4) is 0 Å². The van der Waals surface area contributed by atoms with Crippen LogP contribution in [0.25, 0.3) is 5.65 Å². The first-order valence-corrected chi connectivity index (χ1v) is 12.8. The molecule has 1 aliphatic carbocycles. The molecular weight excluding hydrogens is 434 g/mol. The summed E-state index contributed by atoms with van der Waals surface area (Å²) in [4.78, 5) is 22.2. The standard InChI is InChI=1S/C29H39N5O/c1-19-17-23-30-18-22-25(34(23)31-19)29(13-14-29)15-16-33(22)21-11-9-20(10-12-21)24(27(2,3)4)32(8)26(35)28(5,6)7/h9-12,17-18,24H,13-16H2,1-8H3/t24-/m0/s1. The predicted octanol–water partition coefficient (Wildman–Crippen LogP) is 6.20. The van der Waals surface area contributed by atoms with Crippen LogP contribution in [0.4, 0.5) is 11.4 Å². The molecule has 1 amide bonds. The zero-order valence-electron chi connectivity index (χ0n) is 22.5. The van der Waals surface area contributed by atoms with Gasteiger partial charge in [-0.3, -0.25) is 4.79 Å². The molecule has 1 spiro atoms. The molecule has 3 aromatic rings. The van der Waals surface area contributed by atoms with E-state index in [-0.39, 0.29) is 22.8 Å². The van der Waals surface area contributed by atoms with Crippen LogP contribution in [0, 0.1) is 17.8 Å². The van der Waals surface area contributed by atoms with E-state index >= 15 is 0 Å². The number of benzene rings is 1. The van der Waals surface area contributed by atoms with Gasteiger partial charge in [0.1, 0.15) is 0 Å². The maximum Gasteiger partial charge on any atom is 0.228 e. The van der Waals surface area contributed by atoms with Gasteiger partial charge in [-0.1, -0.05) is 53.7 Å². The van der Waals surface area contributed by atoms with Gasteiger partial charge < -0.3 is 9.80 Å². The van der Waals surface area contributed by atoms with Crippen molar-refractivity contribution in [2.75, 3.05) is 18.5 Å². The number of anilines is 2. The van der Waals surface area contributed by atoms with Crippen LogP contribution < -0.4 is 4.90 Å². The Kier molecular flexibility index (Phi) is 5.32. The molecule has 2 aromatic heterocycles. The molecule has 1 aliphatic heterocycles. The first-order valence-electron chi connectivity index (χ1n) is 12.8. The maximum absolute atomic E-state index is 13.2. The molecule has 1 saturated carbocycles. The molecule has 0 unspecified atom stereocenters. The number of nitrogens with zero attached hydrogens (tertiary/aromatic N) is 5. The Hall–Kier alpha value is -2.89. The molecule has 35 heavy (non-hydrogen) atoms. The van der Waals surface area contributed by atoms with Gasteiger partial charge in [0.25, 0.3) is 0 Å². The summed E-state index contributed by atoms with van der Waals surface area (Å²) in [6.45, 7) is 15.6. The minimum atomic E-state index is -0.419.